The molecule has 0 fully saturated rings. The molecule has 0 aromatic heterocycles. The molecule has 0 amide bonds. The standard InChI is InChI=1S/C44H89NO3/c1-5-9-12-15-20-27-35-44(34-8-4,36-28-21-16-13-10-6-2)37-29-22-18-24-31-39-45(40-41-46)38-30-23-17-19-26-33-43(47)48-42-32-25-14-11-7-3/h46H,5-42H2,1-4H3. The third-order valence-electron chi connectivity index (χ3n) is 10.9. The van der Waals surface area contributed by atoms with Crippen LogP contribution in [0.1, 0.15) is 240 Å². The van der Waals surface area contributed by atoms with E-state index in [2.05, 4.69) is 32.6 Å². The van der Waals surface area contributed by atoms with Gasteiger partial charge < -0.3 is 14.7 Å². The predicted molar refractivity (Wildman–Crippen MR) is 212 cm³/mol. The Hall–Kier alpha value is -0.610. The number of carbonyl (C=O) groups excluding carboxylic acids is 1. The van der Waals surface area contributed by atoms with Crippen LogP contribution in [0.5, 0.6) is 0 Å². The zero-order valence-electron chi connectivity index (χ0n) is 33.6. The van der Waals surface area contributed by atoms with Gasteiger partial charge in [-0.2, -0.15) is 0 Å². The number of rotatable bonds is 40. The molecular formula is C44H89NO3. The molecule has 0 spiro atoms. The van der Waals surface area contributed by atoms with Crippen LogP contribution in [0.2, 0.25) is 0 Å². The van der Waals surface area contributed by atoms with Crippen molar-refractivity contribution in [3.63, 3.8) is 0 Å². The van der Waals surface area contributed by atoms with E-state index < -0.39 is 0 Å². The van der Waals surface area contributed by atoms with Gasteiger partial charge in [-0.1, -0.05) is 182 Å². The van der Waals surface area contributed by atoms with Crippen LogP contribution in [0, 0.1) is 5.41 Å². The van der Waals surface area contributed by atoms with Crippen molar-refractivity contribution in [2.24, 2.45) is 5.41 Å². The third kappa shape index (κ3) is 31.4. The van der Waals surface area contributed by atoms with Gasteiger partial charge in [0.25, 0.3) is 0 Å². The largest absolute Gasteiger partial charge is 0.466 e. The number of aliphatic hydroxyl groups is 1. The van der Waals surface area contributed by atoms with E-state index in [0.29, 0.717) is 18.4 Å². The summed E-state index contributed by atoms with van der Waals surface area (Å²) < 4.78 is 5.39. The van der Waals surface area contributed by atoms with Crippen LogP contribution < -0.4 is 0 Å². The Balaban J connectivity index is 4.23. The minimum atomic E-state index is -0.0128. The number of hydrogen-bond acceptors (Lipinski definition) is 4. The molecule has 0 aliphatic heterocycles. The summed E-state index contributed by atoms with van der Waals surface area (Å²) in [6.07, 6.45) is 43.2. The van der Waals surface area contributed by atoms with Crippen LogP contribution in [0.4, 0.5) is 0 Å². The van der Waals surface area contributed by atoms with Gasteiger partial charge in [-0.05, 0) is 69.9 Å². The molecule has 288 valence electrons. The van der Waals surface area contributed by atoms with Gasteiger partial charge in [0.15, 0.2) is 0 Å². The lowest BCUT2D eigenvalue weighted by molar-refractivity contribution is -0.143. The van der Waals surface area contributed by atoms with Gasteiger partial charge in [-0.15, -0.1) is 0 Å². The molecule has 0 unspecified atom stereocenters. The fourth-order valence-electron chi connectivity index (χ4n) is 7.78. The van der Waals surface area contributed by atoms with Crippen molar-refractivity contribution in [2.45, 2.75) is 240 Å². The minimum absolute atomic E-state index is 0.0128. The lowest BCUT2D eigenvalue weighted by atomic mass is 9.71. The summed E-state index contributed by atoms with van der Waals surface area (Å²) in [5, 5.41) is 9.61. The first-order chi connectivity index (χ1) is 23.6. The maximum absolute atomic E-state index is 11.9. The molecule has 1 N–H and O–H groups in total. The van der Waals surface area contributed by atoms with Crippen molar-refractivity contribution in [3.8, 4) is 0 Å². The highest BCUT2D eigenvalue weighted by atomic mass is 16.5. The van der Waals surface area contributed by atoms with E-state index in [1.54, 1.807) is 0 Å². The minimum Gasteiger partial charge on any atom is -0.466 e. The van der Waals surface area contributed by atoms with Crippen LogP contribution in [0.15, 0.2) is 0 Å². The monoisotopic (exact) mass is 680 g/mol. The molecule has 0 atom stereocenters. The number of aliphatic hydroxyl groups excluding tert-OH is 1. The van der Waals surface area contributed by atoms with Gasteiger partial charge in [-0.3, -0.25) is 4.79 Å². The average Bonchev–Trinajstić information content (AvgIpc) is 3.08. The summed E-state index contributed by atoms with van der Waals surface area (Å²) in [7, 11) is 0. The molecule has 0 radical (unpaired) electrons. The Morgan fingerprint density at radius 2 is 0.854 bits per heavy atom. The molecule has 0 rings (SSSR count). The molecule has 0 bridgehead atoms. The summed E-state index contributed by atoms with van der Waals surface area (Å²) in [5.74, 6) is -0.0128. The highest BCUT2D eigenvalue weighted by molar-refractivity contribution is 5.69. The van der Waals surface area contributed by atoms with E-state index in [1.165, 1.54) is 186 Å². The number of nitrogens with zero attached hydrogens (tertiary/aromatic N) is 1. The van der Waals surface area contributed by atoms with E-state index in [9.17, 15) is 9.90 Å². The summed E-state index contributed by atoms with van der Waals surface area (Å²) in [4.78, 5) is 14.4. The second-order valence-electron chi connectivity index (χ2n) is 15.5. The fourth-order valence-corrected chi connectivity index (χ4v) is 7.78. The van der Waals surface area contributed by atoms with Crippen molar-refractivity contribution in [3.05, 3.63) is 0 Å². The Morgan fingerprint density at radius 1 is 0.458 bits per heavy atom. The van der Waals surface area contributed by atoms with Crippen LogP contribution >= 0.6 is 0 Å². The number of ether oxygens (including phenoxy) is 1. The molecule has 4 heteroatoms. The fraction of sp³-hybridized carbons (Fsp3) is 0.977. The Labute approximate surface area is 302 Å². The van der Waals surface area contributed by atoms with Gasteiger partial charge in [0.2, 0.25) is 0 Å². The average molecular weight is 680 g/mol. The van der Waals surface area contributed by atoms with Gasteiger partial charge in [-0.25, -0.2) is 0 Å². The summed E-state index contributed by atoms with van der Waals surface area (Å²) in [6.45, 7) is 13.2. The molecule has 0 heterocycles. The predicted octanol–water partition coefficient (Wildman–Crippen LogP) is 13.8. The molecule has 0 aliphatic carbocycles. The van der Waals surface area contributed by atoms with Crippen molar-refractivity contribution < 1.29 is 14.6 Å². The van der Waals surface area contributed by atoms with E-state index in [4.69, 9.17) is 4.74 Å². The third-order valence-corrected chi connectivity index (χ3v) is 10.9. The van der Waals surface area contributed by atoms with Gasteiger partial charge in [0.05, 0.1) is 13.2 Å². The van der Waals surface area contributed by atoms with E-state index in [-0.39, 0.29) is 12.6 Å². The van der Waals surface area contributed by atoms with Crippen LogP contribution in [-0.2, 0) is 9.53 Å². The van der Waals surface area contributed by atoms with E-state index in [1.807, 2.05) is 0 Å². The van der Waals surface area contributed by atoms with E-state index >= 15 is 0 Å². The van der Waals surface area contributed by atoms with Gasteiger partial charge >= 0.3 is 5.97 Å². The second-order valence-corrected chi connectivity index (χ2v) is 15.5. The Kier molecular flexibility index (Phi) is 37.2. The topological polar surface area (TPSA) is 49.8 Å². The number of hydrogen-bond donors (Lipinski definition) is 1. The smallest absolute Gasteiger partial charge is 0.305 e. The maximum Gasteiger partial charge on any atom is 0.305 e. The molecule has 0 saturated carbocycles. The van der Waals surface area contributed by atoms with E-state index in [0.717, 1.165) is 38.9 Å². The summed E-state index contributed by atoms with van der Waals surface area (Å²) >= 11 is 0. The molecule has 0 aliphatic rings. The SMILES string of the molecule is CCCCCCCCC(CCC)(CCCCCCCC)CCCCCCCN(CCO)CCCCCCCC(=O)OCCCCCCC. The molecule has 0 aromatic rings. The Bertz CT molecular complexity index is 623. The highest BCUT2D eigenvalue weighted by Crippen LogP contribution is 2.41. The molecular weight excluding hydrogens is 590 g/mol. The zero-order valence-corrected chi connectivity index (χ0v) is 33.6. The molecule has 0 aromatic carbocycles. The van der Waals surface area contributed by atoms with Crippen LogP contribution in [-0.4, -0.2) is 48.8 Å². The molecule has 4 nitrogen and oxygen atoms in total. The van der Waals surface area contributed by atoms with Crippen LogP contribution in [0.3, 0.4) is 0 Å². The second kappa shape index (κ2) is 37.6. The van der Waals surface area contributed by atoms with Gasteiger partial charge in [0, 0.05) is 13.0 Å². The molecule has 0 saturated heterocycles. The maximum atomic E-state index is 11.9. The number of unbranched alkanes of at least 4 members (excludes halogenated alkanes) is 22. The number of carbonyl (C=O) groups is 1. The van der Waals surface area contributed by atoms with Gasteiger partial charge in [0.1, 0.15) is 0 Å². The first-order valence-electron chi connectivity index (χ1n) is 22.1. The first-order valence-corrected chi connectivity index (χ1v) is 22.1. The first kappa shape index (κ1) is 47.4. The van der Waals surface area contributed by atoms with Crippen LogP contribution in [0.25, 0.3) is 0 Å². The summed E-state index contributed by atoms with van der Waals surface area (Å²) in [5.41, 5.74) is 0.610. The van der Waals surface area contributed by atoms with Crippen molar-refractivity contribution in [1.82, 2.24) is 4.90 Å². The van der Waals surface area contributed by atoms with Crippen molar-refractivity contribution in [2.75, 3.05) is 32.8 Å². The zero-order chi connectivity index (χ0) is 35.2. The lowest BCUT2D eigenvalue weighted by Crippen LogP contribution is -2.29. The van der Waals surface area contributed by atoms with Crippen molar-refractivity contribution >= 4 is 5.97 Å². The Morgan fingerprint density at radius 3 is 1.29 bits per heavy atom. The number of esters is 1. The summed E-state index contributed by atoms with van der Waals surface area (Å²) in [6, 6.07) is 0. The highest BCUT2D eigenvalue weighted by Gasteiger charge is 2.27. The normalized spacial score (nSPS) is 12.0. The molecule has 48 heavy (non-hydrogen) atoms. The lowest BCUT2D eigenvalue weighted by Gasteiger charge is -2.35. The quantitative estimate of drug-likeness (QED) is 0.0517. The van der Waals surface area contributed by atoms with Crippen molar-refractivity contribution in [1.29, 1.82) is 0 Å².